The van der Waals surface area contributed by atoms with Gasteiger partial charge in [-0.2, -0.15) is 0 Å². The van der Waals surface area contributed by atoms with E-state index in [0.717, 1.165) is 24.8 Å². The second-order valence-corrected chi connectivity index (χ2v) is 5.57. The minimum atomic E-state index is -0.442. The lowest BCUT2D eigenvalue weighted by Gasteiger charge is -2.40. The molecule has 1 fully saturated rings. The quantitative estimate of drug-likeness (QED) is 0.677. The number of likely N-dealkylation sites (tertiary alicyclic amines) is 1. The molecule has 0 aliphatic carbocycles. The minimum Gasteiger partial charge on any atom is -0.335 e. The number of nitrogens with zero attached hydrogens (tertiary/aromatic N) is 2. The van der Waals surface area contributed by atoms with Gasteiger partial charge in [0.25, 0.3) is 5.69 Å². The van der Waals surface area contributed by atoms with Crippen molar-refractivity contribution in [3.8, 4) is 0 Å². The van der Waals surface area contributed by atoms with Gasteiger partial charge in [-0.05, 0) is 31.7 Å². The van der Waals surface area contributed by atoms with E-state index in [-0.39, 0.29) is 30.1 Å². The number of nitro benzene ring substituents is 1. The van der Waals surface area contributed by atoms with E-state index in [1.165, 1.54) is 12.1 Å². The Bertz CT molecular complexity index is 515. The summed E-state index contributed by atoms with van der Waals surface area (Å²) < 4.78 is 0. The summed E-state index contributed by atoms with van der Waals surface area (Å²) >= 11 is 0. The summed E-state index contributed by atoms with van der Waals surface area (Å²) in [7, 11) is 0. The number of rotatable bonds is 4. The first-order valence-electron chi connectivity index (χ1n) is 7.27. The molecule has 6 heteroatoms. The minimum absolute atomic E-state index is 0.0392. The second kappa shape index (κ2) is 6.67. The molecule has 1 aliphatic rings. The van der Waals surface area contributed by atoms with Crippen LogP contribution in [0.25, 0.3) is 0 Å². The van der Waals surface area contributed by atoms with Crippen LogP contribution >= 0.6 is 0 Å². The van der Waals surface area contributed by atoms with Gasteiger partial charge in [-0.15, -0.1) is 0 Å². The van der Waals surface area contributed by atoms with Crippen LogP contribution in [0.15, 0.2) is 24.3 Å². The van der Waals surface area contributed by atoms with Crippen molar-refractivity contribution in [1.29, 1.82) is 0 Å². The fourth-order valence-electron chi connectivity index (χ4n) is 2.97. The molecule has 0 aromatic heterocycles. The molecular weight excluding hydrogens is 270 g/mol. The number of piperidine rings is 1. The fourth-order valence-corrected chi connectivity index (χ4v) is 2.97. The molecule has 2 unspecified atom stereocenters. The van der Waals surface area contributed by atoms with Gasteiger partial charge >= 0.3 is 0 Å². The van der Waals surface area contributed by atoms with Crippen LogP contribution in [-0.4, -0.2) is 34.4 Å². The molecule has 0 spiro atoms. The molecule has 0 saturated carbocycles. The summed E-state index contributed by atoms with van der Waals surface area (Å²) in [5.74, 6) is 0.0477. The number of non-ortho nitro benzene ring substituents is 1. The highest BCUT2D eigenvalue weighted by Gasteiger charge is 2.30. The number of carbonyl (C=O) groups is 1. The third-order valence-corrected chi connectivity index (χ3v) is 4.09. The highest BCUT2D eigenvalue weighted by atomic mass is 16.6. The Morgan fingerprint density at radius 3 is 2.62 bits per heavy atom. The van der Waals surface area contributed by atoms with Crippen molar-refractivity contribution in [2.45, 2.75) is 44.7 Å². The van der Waals surface area contributed by atoms with Crippen LogP contribution in [0.3, 0.4) is 0 Å². The first kappa shape index (κ1) is 15.4. The molecule has 1 aliphatic heterocycles. The van der Waals surface area contributed by atoms with E-state index in [4.69, 9.17) is 5.73 Å². The van der Waals surface area contributed by atoms with E-state index in [1.54, 1.807) is 12.1 Å². The van der Waals surface area contributed by atoms with Gasteiger partial charge in [0, 0.05) is 30.8 Å². The van der Waals surface area contributed by atoms with Gasteiger partial charge in [-0.3, -0.25) is 14.9 Å². The topological polar surface area (TPSA) is 89.5 Å². The summed E-state index contributed by atoms with van der Waals surface area (Å²) in [5, 5.41) is 10.6. The zero-order valence-electron chi connectivity index (χ0n) is 12.2. The van der Waals surface area contributed by atoms with Crippen molar-refractivity contribution >= 4 is 11.6 Å². The summed E-state index contributed by atoms with van der Waals surface area (Å²) in [6.45, 7) is 2.53. The van der Waals surface area contributed by atoms with E-state index >= 15 is 0 Å². The summed E-state index contributed by atoms with van der Waals surface area (Å²) in [6.07, 6.45) is 3.32. The molecule has 114 valence electrons. The van der Waals surface area contributed by atoms with Crippen molar-refractivity contribution in [3.05, 3.63) is 39.9 Å². The van der Waals surface area contributed by atoms with Gasteiger partial charge in [0.2, 0.25) is 5.91 Å². The van der Waals surface area contributed by atoms with E-state index in [2.05, 4.69) is 6.92 Å². The van der Waals surface area contributed by atoms with E-state index in [0.29, 0.717) is 6.54 Å². The predicted octanol–water partition coefficient (Wildman–Crippen LogP) is 1.87. The first-order valence-corrected chi connectivity index (χ1v) is 7.27. The maximum Gasteiger partial charge on any atom is 0.269 e. The van der Waals surface area contributed by atoms with E-state index in [9.17, 15) is 14.9 Å². The number of benzene rings is 1. The Morgan fingerprint density at radius 2 is 2.05 bits per heavy atom. The predicted molar refractivity (Wildman–Crippen MR) is 79.8 cm³/mol. The van der Waals surface area contributed by atoms with Crippen LogP contribution in [0.2, 0.25) is 0 Å². The lowest BCUT2D eigenvalue weighted by molar-refractivity contribution is -0.384. The van der Waals surface area contributed by atoms with Gasteiger partial charge in [-0.1, -0.05) is 12.1 Å². The highest BCUT2D eigenvalue weighted by Crippen LogP contribution is 2.23. The standard InChI is InChI=1S/C15H21N3O3/c1-11-3-2-4-14(10-16)17(11)15(19)9-12-5-7-13(8-6-12)18(20)21/h5-8,11,14H,2-4,9-10,16H2,1H3. The molecule has 0 radical (unpaired) electrons. The van der Waals surface area contributed by atoms with Crippen molar-refractivity contribution in [2.75, 3.05) is 6.54 Å². The summed E-state index contributed by atoms with van der Waals surface area (Å²) in [4.78, 5) is 24.6. The molecule has 0 bridgehead atoms. The van der Waals surface area contributed by atoms with Gasteiger partial charge in [-0.25, -0.2) is 0 Å². The largest absolute Gasteiger partial charge is 0.335 e. The Morgan fingerprint density at radius 1 is 1.38 bits per heavy atom. The number of amides is 1. The first-order chi connectivity index (χ1) is 10.0. The fraction of sp³-hybridized carbons (Fsp3) is 0.533. The number of hydrogen-bond acceptors (Lipinski definition) is 4. The van der Waals surface area contributed by atoms with Crippen molar-refractivity contribution in [3.63, 3.8) is 0 Å². The number of carbonyl (C=O) groups excluding carboxylic acids is 1. The monoisotopic (exact) mass is 291 g/mol. The average molecular weight is 291 g/mol. The van der Waals surface area contributed by atoms with Crippen LogP contribution in [0, 0.1) is 10.1 Å². The molecule has 1 saturated heterocycles. The van der Waals surface area contributed by atoms with Crippen LogP contribution in [0.5, 0.6) is 0 Å². The molecule has 1 heterocycles. The molecule has 1 aromatic carbocycles. The van der Waals surface area contributed by atoms with Crippen molar-refractivity contribution in [1.82, 2.24) is 4.90 Å². The maximum absolute atomic E-state index is 12.5. The Balaban J connectivity index is 2.07. The van der Waals surface area contributed by atoms with E-state index in [1.807, 2.05) is 4.90 Å². The Labute approximate surface area is 124 Å². The zero-order chi connectivity index (χ0) is 15.4. The second-order valence-electron chi connectivity index (χ2n) is 5.57. The highest BCUT2D eigenvalue weighted by molar-refractivity contribution is 5.79. The molecule has 1 amide bonds. The molecule has 6 nitrogen and oxygen atoms in total. The van der Waals surface area contributed by atoms with Crippen LogP contribution < -0.4 is 5.73 Å². The maximum atomic E-state index is 12.5. The molecule has 1 aromatic rings. The third kappa shape index (κ3) is 3.58. The van der Waals surface area contributed by atoms with Crippen LogP contribution in [0.4, 0.5) is 5.69 Å². The number of nitrogens with two attached hydrogens (primary N) is 1. The molecule has 2 rings (SSSR count). The van der Waals surface area contributed by atoms with Crippen molar-refractivity contribution in [2.24, 2.45) is 5.73 Å². The van der Waals surface area contributed by atoms with Gasteiger partial charge in [0.15, 0.2) is 0 Å². The van der Waals surface area contributed by atoms with Gasteiger partial charge in [0.1, 0.15) is 0 Å². The smallest absolute Gasteiger partial charge is 0.269 e. The molecule has 21 heavy (non-hydrogen) atoms. The number of hydrogen-bond donors (Lipinski definition) is 1. The number of nitro groups is 1. The normalized spacial score (nSPS) is 22.1. The lowest BCUT2D eigenvalue weighted by atomic mass is 9.95. The summed E-state index contributed by atoms with van der Waals surface area (Å²) in [6, 6.07) is 6.47. The van der Waals surface area contributed by atoms with Gasteiger partial charge in [0.05, 0.1) is 11.3 Å². The Kier molecular flexibility index (Phi) is 4.90. The molecule has 2 atom stereocenters. The lowest BCUT2D eigenvalue weighted by Crippen LogP contribution is -2.52. The van der Waals surface area contributed by atoms with E-state index < -0.39 is 4.92 Å². The van der Waals surface area contributed by atoms with Gasteiger partial charge < -0.3 is 10.6 Å². The average Bonchev–Trinajstić information content (AvgIpc) is 2.47. The SMILES string of the molecule is CC1CCCC(CN)N1C(=O)Cc1ccc([N+](=O)[O-])cc1. The molecule has 2 N–H and O–H groups in total. The zero-order valence-corrected chi connectivity index (χ0v) is 12.2. The van der Waals surface area contributed by atoms with Crippen molar-refractivity contribution < 1.29 is 9.72 Å². The van der Waals surface area contributed by atoms with Crippen LogP contribution in [0.1, 0.15) is 31.7 Å². The molecular formula is C15H21N3O3. The third-order valence-electron chi connectivity index (χ3n) is 4.09. The summed E-state index contributed by atoms with van der Waals surface area (Å²) in [5.41, 5.74) is 6.60. The Hall–Kier alpha value is -1.95. The van der Waals surface area contributed by atoms with Crippen LogP contribution in [-0.2, 0) is 11.2 Å².